The number of carbonyl (C=O) groups excluding carboxylic acids is 1. The van der Waals surface area contributed by atoms with Crippen molar-refractivity contribution in [2.45, 2.75) is 64.3 Å². The van der Waals surface area contributed by atoms with Gasteiger partial charge >= 0.3 is 0 Å². The minimum absolute atomic E-state index is 0.325. The van der Waals surface area contributed by atoms with Crippen LogP contribution in [0.25, 0.3) is 11.3 Å². The van der Waals surface area contributed by atoms with Crippen LogP contribution in [-0.2, 0) is 11.3 Å². The van der Waals surface area contributed by atoms with Crippen LogP contribution in [0, 0.1) is 5.41 Å². The fourth-order valence-corrected chi connectivity index (χ4v) is 4.20. The second-order valence-corrected chi connectivity index (χ2v) is 8.98. The molecule has 174 valence electrons. The summed E-state index contributed by atoms with van der Waals surface area (Å²) in [5.74, 6) is 0.325. The number of nitrogens with one attached hydrogen (secondary N) is 2. The normalized spacial score (nSPS) is 14.0. The van der Waals surface area contributed by atoms with Gasteiger partial charge in [0.05, 0.1) is 5.69 Å². The van der Waals surface area contributed by atoms with Crippen molar-refractivity contribution in [1.29, 1.82) is 5.41 Å². The molecule has 2 heterocycles. The number of benzene rings is 1. The lowest BCUT2D eigenvalue weighted by Crippen LogP contribution is -2.46. The fourth-order valence-electron chi connectivity index (χ4n) is 4.08. The van der Waals surface area contributed by atoms with Crippen LogP contribution in [0.3, 0.4) is 0 Å². The zero-order valence-corrected chi connectivity index (χ0v) is 19.7. The van der Waals surface area contributed by atoms with E-state index in [0.717, 1.165) is 69.7 Å². The van der Waals surface area contributed by atoms with Crippen molar-refractivity contribution in [3.63, 3.8) is 0 Å². The van der Waals surface area contributed by atoms with Gasteiger partial charge in [-0.05, 0) is 37.1 Å². The van der Waals surface area contributed by atoms with Crippen LogP contribution in [0.4, 0.5) is 0 Å². The number of unbranched alkanes of at least 4 members (excludes halogenated alkanes) is 7. The average Bonchev–Trinajstić information content (AvgIpc) is 2.82. The standard InChI is InChI=1S/C25H36ClN5O/c26-22-12-10-21(11-13-22)23-14-15-24(27)31(29-23)18-8-6-4-2-1-3-5-7-9-25(32)30-19-16-28-17-20-30/h10-15,27-28H,1-9,16-20H2. The molecule has 6 nitrogen and oxygen atoms in total. The molecule has 0 saturated carbocycles. The zero-order valence-electron chi connectivity index (χ0n) is 19.0. The first kappa shape index (κ1) is 24.5. The SMILES string of the molecule is N=c1ccc(-c2ccc(Cl)cc2)nn1CCCCCCCCCCC(=O)N1CCNCC1. The fraction of sp³-hybridized carbons (Fsp3) is 0.560. The number of piperazine rings is 1. The number of aromatic nitrogens is 2. The second kappa shape index (κ2) is 13.4. The number of amides is 1. The third-order valence-electron chi connectivity index (χ3n) is 6.03. The summed E-state index contributed by atoms with van der Waals surface area (Å²) in [6.07, 6.45) is 9.96. The van der Waals surface area contributed by atoms with E-state index >= 15 is 0 Å². The van der Waals surface area contributed by atoms with Gasteiger partial charge in [-0.25, -0.2) is 4.68 Å². The molecule has 1 aromatic heterocycles. The average molecular weight is 458 g/mol. The van der Waals surface area contributed by atoms with E-state index < -0.39 is 0 Å². The summed E-state index contributed by atoms with van der Waals surface area (Å²) in [6.45, 7) is 4.35. The van der Waals surface area contributed by atoms with Crippen LogP contribution >= 0.6 is 11.6 Å². The van der Waals surface area contributed by atoms with E-state index in [1.807, 2.05) is 41.3 Å². The number of halogens is 1. The van der Waals surface area contributed by atoms with Gasteiger partial charge < -0.3 is 10.2 Å². The molecule has 0 aliphatic carbocycles. The highest BCUT2D eigenvalue weighted by Crippen LogP contribution is 2.18. The van der Waals surface area contributed by atoms with E-state index in [4.69, 9.17) is 17.0 Å². The first-order valence-corrected chi connectivity index (χ1v) is 12.4. The largest absolute Gasteiger partial charge is 0.340 e. The molecule has 7 heteroatoms. The Bertz CT molecular complexity index is 890. The van der Waals surface area contributed by atoms with Crippen LogP contribution in [0.5, 0.6) is 0 Å². The Labute approximate surface area is 196 Å². The summed E-state index contributed by atoms with van der Waals surface area (Å²) < 4.78 is 1.79. The predicted molar refractivity (Wildman–Crippen MR) is 130 cm³/mol. The van der Waals surface area contributed by atoms with Crippen LogP contribution in [0.1, 0.15) is 57.8 Å². The molecule has 1 saturated heterocycles. The van der Waals surface area contributed by atoms with Gasteiger partial charge in [-0.1, -0.05) is 62.3 Å². The van der Waals surface area contributed by atoms with Crippen LogP contribution in [0.15, 0.2) is 36.4 Å². The molecule has 0 radical (unpaired) electrons. The van der Waals surface area contributed by atoms with Crippen molar-refractivity contribution in [3.05, 3.63) is 46.9 Å². The van der Waals surface area contributed by atoms with Crippen molar-refractivity contribution in [2.75, 3.05) is 26.2 Å². The van der Waals surface area contributed by atoms with Crippen molar-refractivity contribution >= 4 is 17.5 Å². The summed E-state index contributed by atoms with van der Waals surface area (Å²) in [5, 5.41) is 16.8. The number of rotatable bonds is 12. The molecular formula is C25H36ClN5O. The number of carbonyl (C=O) groups is 1. The highest BCUT2D eigenvalue weighted by atomic mass is 35.5. The quantitative estimate of drug-likeness (QED) is 0.456. The third kappa shape index (κ3) is 8.06. The maximum atomic E-state index is 12.1. The number of hydrogen-bond acceptors (Lipinski definition) is 4. The topological polar surface area (TPSA) is 74.0 Å². The Kier molecular flexibility index (Phi) is 10.2. The maximum Gasteiger partial charge on any atom is 0.222 e. The Hall–Kier alpha value is -2.18. The minimum Gasteiger partial charge on any atom is -0.340 e. The summed E-state index contributed by atoms with van der Waals surface area (Å²) in [4.78, 5) is 14.1. The molecular weight excluding hydrogens is 422 g/mol. The second-order valence-electron chi connectivity index (χ2n) is 8.54. The summed E-state index contributed by atoms with van der Waals surface area (Å²) in [5.41, 5.74) is 2.32. The lowest BCUT2D eigenvalue weighted by Gasteiger charge is -2.27. The molecule has 0 spiro atoms. The molecule has 1 amide bonds. The Morgan fingerprint density at radius 1 is 0.906 bits per heavy atom. The molecule has 0 atom stereocenters. The Morgan fingerprint density at radius 3 is 2.22 bits per heavy atom. The lowest BCUT2D eigenvalue weighted by atomic mass is 10.1. The maximum absolute atomic E-state index is 12.1. The van der Waals surface area contributed by atoms with E-state index in [1.54, 1.807) is 4.68 Å². The molecule has 3 rings (SSSR count). The van der Waals surface area contributed by atoms with E-state index in [1.165, 1.54) is 25.7 Å². The van der Waals surface area contributed by atoms with E-state index in [0.29, 0.717) is 22.8 Å². The van der Waals surface area contributed by atoms with Crippen molar-refractivity contribution in [2.24, 2.45) is 0 Å². The highest BCUT2D eigenvalue weighted by Gasteiger charge is 2.15. The van der Waals surface area contributed by atoms with Gasteiger partial charge in [0.2, 0.25) is 5.91 Å². The zero-order chi connectivity index (χ0) is 22.6. The van der Waals surface area contributed by atoms with Gasteiger partial charge in [0.1, 0.15) is 5.49 Å². The van der Waals surface area contributed by atoms with Gasteiger partial charge in [-0.15, -0.1) is 0 Å². The first-order chi connectivity index (χ1) is 15.6. The van der Waals surface area contributed by atoms with Crippen LogP contribution < -0.4 is 10.8 Å². The van der Waals surface area contributed by atoms with Crippen molar-refractivity contribution in [1.82, 2.24) is 20.0 Å². The van der Waals surface area contributed by atoms with Crippen LogP contribution in [0.2, 0.25) is 5.02 Å². The van der Waals surface area contributed by atoms with Gasteiger partial charge in [-0.2, -0.15) is 5.10 Å². The van der Waals surface area contributed by atoms with E-state index in [9.17, 15) is 4.79 Å². The molecule has 0 bridgehead atoms. The number of nitrogens with zero attached hydrogens (tertiary/aromatic N) is 3. The third-order valence-corrected chi connectivity index (χ3v) is 6.28. The van der Waals surface area contributed by atoms with Gasteiger partial charge in [0.15, 0.2) is 0 Å². The van der Waals surface area contributed by atoms with Gasteiger partial charge in [-0.3, -0.25) is 10.2 Å². The Morgan fingerprint density at radius 2 is 1.53 bits per heavy atom. The molecule has 0 unspecified atom stereocenters. The molecule has 2 aromatic rings. The summed E-state index contributed by atoms with van der Waals surface area (Å²) in [6, 6.07) is 11.3. The van der Waals surface area contributed by atoms with Crippen molar-refractivity contribution < 1.29 is 4.79 Å². The molecule has 32 heavy (non-hydrogen) atoms. The smallest absolute Gasteiger partial charge is 0.222 e. The van der Waals surface area contributed by atoms with E-state index in [2.05, 4.69) is 10.4 Å². The number of hydrogen-bond donors (Lipinski definition) is 2. The first-order valence-electron chi connectivity index (χ1n) is 12.0. The molecule has 1 aromatic carbocycles. The number of aryl methyl sites for hydroxylation is 1. The summed E-state index contributed by atoms with van der Waals surface area (Å²) >= 11 is 5.97. The monoisotopic (exact) mass is 457 g/mol. The molecule has 1 fully saturated rings. The van der Waals surface area contributed by atoms with Gasteiger partial charge in [0.25, 0.3) is 0 Å². The molecule has 2 N–H and O–H groups in total. The predicted octanol–water partition coefficient (Wildman–Crippen LogP) is 4.63. The van der Waals surface area contributed by atoms with Crippen molar-refractivity contribution in [3.8, 4) is 11.3 Å². The summed E-state index contributed by atoms with van der Waals surface area (Å²) in [7, 11) is 0. The van der Waals surface area contributed by atoms with Crippen LogP contribution in [-0.4, -0.2) is 46.8 Å². The minimum atomic E-state index is 0.325. The molecule has 1 aliphatic rings. The lowest BCUT2D eigenvalue weighted by molar-refractivity contribution is -0.131. The van der Waals surface area contributed by atoms with E-state index in [-0.39, 0.29) is 0 Å². The Balaban J connectivity index is 1.25. The molecule has 1 aliphatic heterocycles. The highest BCUT2D eigenvalue weighted by molar-refractivity contribution is 6.30. The van der Waals surface area contributed by atoms with Gasteiger partial charge in [0, 0.05) is 49.7 Å².